The molecule has 0 fully saturated rings. The predicted octanol–water partition coefficient (Wildman–Crippen LogP) is 1.44. The zero-order valence-electron chi connectivity index (χ0n) is 11.3. The smallest absolute Gasteiger partial charge is 0.335 e. The highest BCUT2D eigenvalue weighted by Gasteiger charge is 2.13. The summed E-state index contributed by atoms with van der Waals surface area (Å²) in [4.78, 5) is 26.9. The molecule has 0 radical (unpaired) electrons. The molecule has 108 valence electrons. The van der Waals surface area contributed by atoms with E-state index in [1.807, 2.05) is 0 Å². The van der Waals surface area contributed by atoms with E-state index < -0.39 is 11.9 Å². The lowest BCUT2D eigenvalue weighted by Gasteiger charge is -2.07. The van der Waals surface area contributed by atoms with Crippen molar-refractivity contribution in [2.24, 2.45) is 0 Å². The van der Waals surface area contributed by atoms with Crippen LogP contribution < -0.4 is 5.32 Å². The summed E-state index contributed by atoms with van der Waals surface area (Å²) in [6, 6.07) is 9.22. The molecule has 2 rings (SSSR count). The minimum Gasteiger partial charge on any atom is -0.508 e. The van der Waals surface area contributed by atoms with Crippen LogP contribution in [0.25, 0.3) is 0 Å². The summed E-state index contributed by atoms with van der Waals surface area (Å²) in [6.07, 6.45) is 0.319. The molecule has 1 aromatic carbocycles. The van der Waals surface area contributed by atoms with Gasteiger partial charge in [-0.3, -0.25) is 4.79 Å². The fourth-order valence-corrected chi connectivity index (χ4v) is 1.92. The number of nitrogens with zero attached hydrogens (tertiary/aromatic N) is 1. The number of nitrogens with one attached hydrogen (secondary N) is 1. The number of pyridine rings is 1. The third-order valence-electron chi connectivity index (χ3n) is 2.88. The summed E-state index contributed by atoms with van der Waals surface area (Å²) in [5.74, 6) is -1.46. The highest BCUT2D eigenvalue weighted by Crippen LogP contribution is 2.16. The Hall–Kier alpha value is -2.89. The number of hydrogen-bond acceptors (Lipinski definition) is 4. The summed E-state index contributed by atoms with van der Waals surface area (Å²) in [6.45, 7) is 0. The molecule has 1 aromatic heterocycles. The summed E-state index contributed by atoms with van der Waals surface area (Å²) in [5, 5.41) is 20.9. The number of hydrogen-bond donors (Lipinski definition) is 3. The third-order valence-corrected chi connectivity index (χ3v) is 2.88. The van der Waals surface area contributed by atoms with Gasteiger partial charge in [0.05, 0.1) is 5.56 Å². The van der Waals surface area contributed by atoms with Gasteiger partial charge in [0.25, 0.3) is 5.91 Å². The first-order valence-electron chi connectivity index (χ1n) is 6.24. The Morgan fingerprint density at radius 2 is 2.00 bits per heavy atom. The molecule has 6 nitrogen and oxygen atoms in total. The van der Waals surface area contributed by atoms with Crippen LogP contribution in [0.2, 0.25) is 0 Å². The SMILES string of the molecule is CNC(=O)c1cc(C(=O)O)cc(Cc2cccc(O)c2)n1. The number of aromatic nitrogens is 1. The molecule has 21 heavy (non-hydrogen) atoms. The topological polar surface area (TPSA) is 99.5 Å². The van der Waals surface area contributed by atoms with E-state index >= 15 is 0 Å². The van der Waals surface area contributed by atoms with E-state index in [-0.39, 0.29) is 17.0 Å². The van der Waals surface area contributed by atoms with Crippen LogP contribution in [0.1, 0.15) is 32.1 Å². The molecule has 3 N–H and O–H groups in total. The van der Waals surface area contributed by atoms with Crippen LogP contribution in [-0.2, 0) is 6.42 Å². The Bertz CT molecular complexity index is 698. The van der Waals surface area contributed by atoms with Crippen molar-refractivity contribution in [3.05, 3.63) is 58.9 Å². The molecule has 0 unspecified atom stereocenters. The van der Waals surface area contributed by atoms with Crippen molar-refractivity contribution in [1.29, 1.82) is 0 Å². The first-order chi connectivity index (χ1) is 9.99. The van der Waals surface area contributed by atoms with Gasteiger partial charge in [-0.25, -0.2) is 9.78 Å². The van der Waals surface area contributed by atoms with Crippen LogP contribution >= 0.6 is 0 Å². The van der Waals surface area contributed by atoms with Crippen molar-refractivity contribution in [1.82, 2.24) is 10.3 Å². The third kappa shape index (κ3) is 3.56. The van der Waals surface area contributed by atoms with E-state index in [0.717, 1.165) is 5.56 Å². The number of phenolic OH excluding ortho intramolecular Hbond substituents is 1. The maximum Gasteiger partial charge on any atom is 0.335 e. The second-order valence-electron chi connectivity index (χ2n) is 4.46. The van der Waals surface area contributed by atoms with Crippen LogP contribution in [-0.4, -0.2) is 34.1 Å². The van der Waals surface area contributed by atoms with Crippen LogP contribution in [0.4, 0.5) is 0 Å². The molecule has 0 saturated heterocycles. The van der Waals surface area contributed by atoms with Gasteiger partial charge in [-0.1, -0.05) is 12.1 Å². The van der Waals surface area contributed by atoms with Gasteiger partial charge >= 0.3 is 5.97 Å². The Morgan fingerprint density at radius 3 is 2.62 bits per heavy atom. The molecular formula is C15H14N2O4. The molecule has 0 atom stereocenters. The van der Waals surface area contributed by atoms with Gasteiger partial charge < -0.3 is 15.5 Å². The number of carboxylic acids is 1. The van der Waals surface area contributed by atoms with Crippen LogP contribution in [0.5, 0.6) is 5.75 Å². The van der Waals surface area contributed by atoms with Gasteiger partial charge in [-0.2, -0.15) is 0 Å². The van der Waals surface area contributed by atoms with Crippen molar-refractivity contribution in [2.45, 2.75) is 6.42 Å². The summed E-state index contributed by atoms with van der Waals surface area (Å²) < 4.78 is 0. The monoisotopic (exact) mass is 286 g/mol. The average Bonchev–Trinajstić information content (AvgIpc) is 2.46. The molecule has 0 aliphatic carbocycles. The van der Waals surface area contributed by atoms with E-state index in [1.165, 1.54) is 19.2 Å². The second kappa shape index (κ2) is 6.04. The quantitative estimate of drug-likeness (QED) is 0.789. The minimum absolute atomic E-state index is 0.00115. The van der Waals surface area contributed by atoms with Gasteiger partial charge in [-0.15, -0.1) is 0 Å². The number of aromatic carboxylic acids is 1. The van der Waals surface area contributed by atoms with E-state index in [1.54, 1.807) is 24.3 Å². The average molecular weight is 286 g/mol. The standard InChI is InChI=1S/C15H14N2O4/c1-16-14(19)13-8-10(15(20)21)7-11(17-13)5-9-3-2-4-12(18)6-9/h2-4,6-8,18H,5H2,1H3,(H,16,19)(H,20,21). The predicted molar refractivity (Wildman–Crippen MR) is 75.5 cm³/mol. The summed E-state index contributed by atoms with van der Waals surface area (Å²) >= 11 is 0. The number of rotatable bonds is 4. The van der Waals surface area contributed by atoms with E-state index in [2.05, 4.69) is 10.3 Å². The van der Waals surface area contributed by atoms with Crippen molar-refractivity contribution >= 4 is 11.9 Å². The fraction of sp³-hybridized carbons (Fsp3) is 0.133. The van der Waals surface area contributed by atoms with Crippen LogP contribution in [0.3, 0.4) is 0 Å². The second-order valence-corrected chi connectivity index (χ2v) is 4.46. The molecule has 1 heterocycles. The number of aromatic hydroxyl groups is 1. The Kier molecular flexibility index (Phi) is 4.18. The maximum atomic E-state index is 11.6. The molecule has 2 aromatic rings. The fourth-order valence-electron chi connectivity index (χ4n) is 1.92. The zero-order chi connectivity index (χ0) is 15.4. The molecule has 0 saturated carbocycles. The lowest BCUT2D eigenvalue weighted by Crippen LogP contribution is -2.20. The molecular weight excluding hydrogens is 272 g/mol. The normalized spacial score (nSPS) is 10.1. The lowest BCUT2D eigenvalue weighted by molar-refractivity contribution is 0.0696. The van der Waals surface area contributed by atoms with Crippen LogP contribution in [0.15, 0.2) is 36.4 Å². The lowest BCUT2D eigenvalue weighted by atomic mass is 10.1. The maximum absolute atomic E-state index is 11.6. The van der Waals surface area contributed by atoms with Crippen molar-refractivity contribution in [2.75, 3.05) is 7.05 Å². The molecule has 0 spiro atoms. The highest BCUT2D eigenvalue weighted by atomic mass is 16.4. The number of phenols is 1. The van der Waals surface area contributed by atoms with Gasteiger partial charge in [0, 0.05) is 19.2 Å². The molecule has 0 aliphatic rings. The van der Waals surface area contributed by atoms with E-state index in [0.29, 0.717) is 12.1 Å². The zero-order valence-corrected chi connectivity index (χ0v) is 11.3. The number of carboxylic acid groups (broad SMARTS) is 1. The van der Waals surface area contributed by atoms with E-state index in [9.17, 15) is 14.7 Å². The van der Waals surface area contributed by atoms with Crippen molar-refractivity contribution in [3.63, 3.8) is 0 Å². The summed E-state index contributed by atoms with van der Waals surface area (Å²) in [5.41, 5.74) is 1.26. The van der Waals surface area contributed by atoms with Crippen molar-refractivity contribution in [3.8, 4) is 5.75 Å². The van der Waals surface area contributed by atoms with Gasteiger partial charge in [-0.05, 0) is 29.8 Å². The Morgan fingerprint density at radius 1 is 1.24 bits per heavy atom. The van der Waals surface area contributed by atoms with Crippen molar-refractivity contribution < 1.29 is 19.8 Å². The molecule has 1 amide bonds. The number of carbonyl (C=O) groups is 2. The van der Waals surface area contributed by atoms with Crippen LogP contribution in [0, 0.1) is 0 Å². The number of benzene rings is 1. The molecule has 0 bridgehead atoms. The van der Waals surface area contributed by atoms with E-state index in [4.69, 9.17) is 5.11 Å². The van der Waals surface area contributed by atoms with Gasteiger partial charge in [0.1, 0.15) is 11.4 Å². The first kappa shape index (κ1) is 14.5. The largest absolute Gasteiger partial charge is 0.508 e. The summed E-state index contributed by atoms with van der Waals surface area (Å²) in [7, 11) is 1.45. The first-order valence-corrected chi connectivity index (χ1v) is 6.24. The Balaban J connectivity index is 2.40. The Labute approximate surface area is 121 Å². The molecule has 6 heteroatoms. The number of carbonyl (C=O) groups excluding carboxylic acids is 1. The minimum atomic E-state index is -1.13. The number of amides is 1. The van der Waals surface area contributed by atoms with Gasteiger partial charge in [0.15, 0.2) is 0 Å². The highest BCUT2D eigenvalue weighted by molar-refractivity contribution is 5.95. The molecule has 0 aliphatic heterocycles. The van der Waals surface area contributed by atoms with Gasteiger partial charge in [0.2, 0.25) is 0 Å².